The molecule has 0 saturated carbocycles. The summed E-state index contributed by atoms with van der Waals surface area (Å²) in [4.78, 5) is 14.6. The van der Waals surface area contributed by atoms with E-state index in [1.165, 1.54) is 12.1 Å². The first kappa shape index (κ1) is 15.3. The molecule has 2 saturated heterocycles. The van der Waals surface area contributed by atoms with Crippen LogP contribution in [-0.4, -0.2) is 43.2 Å². The van der Waals surface area contributed by atoms with Gasteiger partial charge in [0.25, 0.3) is 0 Å². The van der Waals surface area contributed by atoms with Crippen molar-refractivity contribution in [2.75, 3.05) is 26.4 Å². The average Bonchev–Trinajstić information content (AvgIpc) is 3.03. The molecule has 2 fully saturated rings. The molecule has 22 heavy (non-hydrogen) atoms. The molecule has 4 nitrogen and oxygen atoms in total. The molecule has 0 spiro atoms. The summed E-state index contributed by atoms with van der Waals surface area (Å²) < 4.78 is 24.0. The van der Waals surface area contributed by atoms with Gasteiger partial charge in [-0.2, -0.15) is 0 Å². The summed E-state index contributed by atoms with van der Waals surface area (Å²) in [5, 5.41) is 0. The van der Waals surface area contributed by atoms with E-state index in [1.54, 1.807) is 12.1 Å². The summed E-state index contributed by atoms with van der Waals surface area (Å²) in [7, 11) is 0. The Bertz CT molecular complexity index is 499. The lowest BCUT2D eigenvalue weighted by molar-refractivity contribution is -0.141. The van der Waals surface area contributed by atoms with Gasteiger partial charge in [-0.05, 0) is 49.9 Å². The second-order valence-corrected chi connectivity index (χ2v) is 6.01. The van der Waals surface area contributed by atoms with Crippen molar-refractivity contribution in [3.8, 4) is 5.75 Å². The molecule has 5 heteroatoms. The molecule has 0 bridgehead atoms. The van der Waals surface area contributed by atoms with Crippen molar-refractivity contribution in [3.63, 3.8) is 0 Å². The highest BCUT2D eigenvalue weighted by Gasteiger charge is 2.34. The summed E-state index contributed by atoms with van der Waals surface area (Å²) in [5.74, 6) is 0.564. The van der Waals surface area contributed by atoms with E-state index in [1.807, 2.05) is 4.90 Å². The number of carbonyl (C=O) groups is 1. The monoisotopic (exact) mass is 307 g/mol. The van der Waals surface area contributed by atoms with E-state index in [2.05, 4.69) is 0 Å². The van der Waals surface area contributed by atoms with Gasteiger partial charge in [-0.1, -0.05) is 0 Å². The Morgan fingerprint density at radius 3 is 2.82 bits per heavy atom. The molecule has 120 valence electrons. The highest BCUT2D eigenvalue weighted by molar-refractivity contribution is 5.79. The van der Waals surface area contributed by atoms with E-state index in [9.17, 15) is 9.18 Å². The van der Waals surface area contributed by atoms with Gasteiger partial charge in [0.15, 0.2) is 0 Å². The molecule has 2 atom stereocenters. The Morgan fingerprint density at radius 2 is 2.09 bits per heavy atom. The fourth-order valence-corrected chi connectivity index (χ4v) is 3.19. The van der Waals surface area contributed by atoms with Crippen molar-refractivity contribution in [1.29, 1.82) is 0 Å². The molecule has 2 heterocycles. The molecule has 2 aliphatic heterocycles. The first-order chi connectivity index (χ1) is 10.7. The van der Waals surface area contributed by atoms with E-state index < -0.39 is 0 Å². The van der Waals surface area contributed by atoms with Gasteiger partial charge in [-0.3, -0.25) is 4.79 Å². The SMILES string of the molecule is O=C(C1CCCOC1)N1CCCC1COc1ccc(F)cc1. The Labute approximate surface area is 130 Å². The fourth-order valence-electron chi connectivity index (χ4n) is 3.19. The predicted octanol–water partition coefficient (Wildman–Crippen LogP) is 2.62. The molecule has 0 aromatic heterocycles. The number of hydrogen-bond acceptors (Lipinski definition) is 3. The van der Waals surface area contributed by atoms with Gasteiger partial charge in [0.1, 0.15) is 18.2 Å². The van der Waals surface area contributed by atoms with Gasteiger partial charge < -0.3 is 14.4 Å². The Kier molecular flexibility index (Phi) is 4.93. The van der Waals surface area contributed by atoms with Gasteiger partial charge >= 0.3 is 0 Å². The fraction of sp³-hybridized carbons (Fsp3) is 0.588. The van der Waals surface area contributed by atoms with Crippen molar-refractivity contribution in [2.24, 2.45) is 5.92 Å². The number of rotatable bonds is 4. The van der Waals surface area contributed by atoms with Crippen LogP contribution in [0.3, 0.4) is 0 Å². The molecule has 2 aliphatic rings. The summed E-state index contributed by atoms with van der Waals surface area (Å²) in [6.45, 7) is 2.57. The zero-order valence-corrected chi connectivity index (χ0v) is 12.7. The molecule has 2 unspecified atom stereocenters. The predicted molar refractivity (Wildman–Crippen MR) is 80.2 cm³/mol. The maximum absolute atomic E-state index is 12.9. The number of nitrogens with zero attached hydrogens (tertiary/aromatic N) is 1. The molecular formula is C17H22FNO3. The van der Waals surface area contributed by atoms with Crippen LogP contribution in [0.1, 0.15) is 25.7 Å². The van der Waals surface area contributed by atoms with Gasteiger partial charge in [-0.15, -0.1) is 0 Å². The normalized spacial score (nSPS) is 25.2. The standard InChI is InChI=1S/C17H22FNO3/c18-14-5-7-16(8-6-14)22-12-15-4-1-9-19(15)17(20)13-3-2-10-21-11-13/h5-8,13,15H,1-4,9-12H2. The van der Waals surface area contributed by atoms with Crippen LogP contribution < -0.4 is 4.74 Å². The smallest absolute Gasteiger partial charge is 0.228 e. The van der Waals surface area contributed by atoms with E-state index in [-0.39, 0.29) is 23.7 Å². The number of likely N-dealkylation sites (tertiary alicyclic amines) is 1. The molecule has 0 aliphatic carbocycles. The second kappa shape index (κ2) is 7.09. The van der Waals surface area contributed by atoms with Gasteiger partial charge in [0.05, 0.1) is 18.6 Å². The Morgan fingerprint density at radius 1 is 1.27 bits per heavy atom. The maximum atomic E-state index is 12.9. The average molecular weight is 307 g/mol. The molecule has 1 aromatic rings. The first-order valence-electron chi connectivity index (χ1n) is 8.00. The largest absolute Gasteiger partial charge is 0.491 e. The minimum absolute atomic E-state index is 0.000158. The third-order valence-electron chi connectivity index (χ3n) is 4.43. The minimum atomic E-state index is -0.276. The summed E-state index contributed by atoms with van der Waals surface area (Å²) >= 11 is 0. The zero-order valence-electron chi connectivity index (χ0n) is 12.7. The number of amides is 1. The van der Waals surface area contributed by atoms with E-state index in [0.29, 0.717) is 19.0 Å². The van der Waals surface area contributed by atoms with Crippen LogP contribution in [0.2, 0.25) is 0 Å². The van der Waals surface area contributed by atoms with Crippen molar-refractivity contribution in [1.82, 2.24) is 4.90 Å². The summed E-state index contributed by atoms with van der Waals surface area (Å²) in [6.07, 6.45) is 3.85. The van der Waals surface area contributed by atoms with Crippen molar-refractivity contribution < 1.29 is 18.7 Å². The quantitative estimate of drug-likeness (QED) is 0.858. The molecule has 3 rings (SSSR count). The number of carbonyl (C=O) groups excluding carboxylic acids is 1. The molecule has 1 aromatic carbocycles. The van der Waals surface area contributed by atoms with Gasteiger partial charge in [0.2, 0.25) is 5.91 Å². The van der Waals surface area contributed by atoms with Crippen LogP contribution in [0.25, 0.3) is 0 Å². The van der Waals surface area contributed by atoms with Crippen LogP contribution in [0.4, 0.5) is 4.39 Å². The number of hydrogen-bond donors (Lipinski definition) is 0. The van der Waals surface area contributed by atoms with Crippen molar-refractivity contribution >= 4 is 5.91 Å². The first-order valence-corrected chi connectivity index (χ1v) is 8.00. The van der Waals surface area contributed by atoms with E-state index in [4.69, 9.17) is 9.47 Å². The summed E-state index contributed by atoms with van der Waals surface area (Å²) in [5.41, 5.74) is 0. The molecule has 0 radical (unpaired) electrons. The van der Waals surface area contributed by atoms with Gasteiger partial charge in [-0.25, -0.2) is 4.39 Å². The van der Waals surface area contributed by atoms with Crippen molar-refractivity contribution in [3.05, 3.63) is 30.1 Å². The Hall–Kier alpha value is -1.62. The summed E-state index contributed by atoms with van der Waals surface area (Å²) in [6, 6.07) is 6.11. The Balaban J connectivity index is 1.55. The lowest BCUT2D eigenvalue weighted by Crippen LogP contribution is -2.44. The maximum Gasteiger partial charge on any atom is 0.228 e. The zero-order chi connectivity index (χ0) is 15.4. The number of ether oxygens (including phenoxy) is 2. The van der Waals surface area contributed by atoms with Crippen LogP contribution >= 0.6 is 0 Å². The highest BCUT2D eigenvalue weighted by atomic mass is 19.1. The van der Waals surface area contributed by atoms with E-state index >= 15 is 0 Å². The topological polar surface area (TPSA) is 38.8 Å². The number of halogens is 1. The third kappa shape index (κ3) is 3.58. The van der Waals surface area contributed by atoms with Crippen LogP contribution in [0.15, 0.2) is 24.3 Å². The molecule has 1 amide bonds. The van der Waals surface area contributed by atoms with Crippen LogP contribution in [0, 0.1) is 11.7 Å². The van der Waals surface area contributed by atoms with Crippen LogP contribution in [0.5, 0.6) is 5.75 Å². The lowest BCUT2D eigenvalue weighted by atomic mass is 10.0. The molecule has 0 N–H and O–H groups in total. The highest BCUT2D eigenvalue weighted by Crippen LogP contribution is 2.24. The van der Waals surface area contributed by atoms with Gasteiger partial charge in [0, 0.05) is 13.2 Å². The third-order valence-corrected chi connectivity index (χ3v) is 4.43. The minimum Gasteiger partial charge on any atom is -0.491 e. The van der Waals surface area contributed by atoms with E-state index in [0.717, 1.165) is 38.8 Å². The van der Waals surface area contributed by atoms with Crippen molar-refractivity contribution in [2.45, 2.75) is 31.7 Å². The molecular weight excluding hydrogens is 285 g/mol. The van der Waals surface area contributed by atoms with Crippen LogP contribution in [-0.2, 0) is 9.53 Å². The lowest BCUT2D eigenvalue weighted by Gasteiger charge is -2.30. The number of benzene rings is 1. The second-order valence-electron chi connectivity index (χ2n) is 6.01.